The van der Waals surface area contributed by atoms with E-state index in [1.54, 1.807) is 18.5 Å². The minimum Gasteiger partial charge on any atom is -0.264 e. The average Bonchev–Trinajstić information content (AvgIpc) is 2.39. The molecule has 0 amide bonds. The summed E-state index contributed by atoms with van der Waals surface area (Å²) in [6, 6.07) is 7.58. The van der Waals surface area contributed by atoms with E-state index in [0.717, 1.165) is 26.6 Å². The highest BCUT2D eigenvalue weighted by Gasteiger charge is 2.06. The molecule has 0 aliphatic heterocycles. The maximum absolute atomic E-state index is 5.89. The zero-order valence-electron chi connectivity index (χ0n) is 9.14. The molecule has 88 valence electrons. The summed E-state index contributed by atoms with van der Waals surface area (Å²) >= 11 is 9.37. The lowest BCUT2D eigenvalue weighted by atomic mass is 10.1. The van der Waals surface area contributed by atoms with Crippen molar-refractivity contribution in [3.8, 4) is 11.3 Å². The quantitative estimate of drug-likeness (QED) is 0.633. The second-order valence-corrected chi connectivity index (χ2v) is 4.90. The molecule has 3 rings (SSSR count). The molecule has 0 aliphatic rings. The SMILES string of the molecule is Clc1cc(-c2cc3cnccc3c(Br)n2)ccn1. The minimum atomic E-state index is 0.455. The van der Waals surface area contributed by atoms with Crippen LogP contribution in [0.4, 0.5) is 0 Å². The van der Waals surface area contributed by atoms with Crippen molar-refractivity contribution < 1.29 is 0 Å². The highest BCUT2D eigenvalue weighted by Crippen LogP contribution is 2.27. The Morgan fingerprint density at radius 2 is 2.00 bits per heavy atom. The van der Waals surface area contributed by atoms with Crippen LogP contribution in [0.2, 0.25) is 5.15 Å². The van der Waals surface area contributed by atoms with Crippen molar-refractivity contribution in [2.24, 2.45) is 0 Å². The van der Waals surface area contributed by atoms with Crippen molar-refractivity contribution in [2.45, 2.75) is 0 Å². The van der Waals surface area contributed by atoms with E-state index in [0.29, 0.717) is 5.15 Å². The maximum Gasteiger partial charge on any atom is 0.129 e. The van der Waals surface area contributed by atoms with Gasteiger partial charge < -0.3 is 0 Å². The molecule has 0 bridgehead atoms. The van der Waals surface area contributed by atoms with Crippen molar-refractivity contribution in [2.75, 3.05) is 0 Å². The standard InChI is InChI=1S/C13H7BrClN3/c14-13-10-2-3-16-7-9(10)5-11(18-13)8-1-4-17-12(15)6-8/h1-7H. The van der Waals surface area contributed by atoms with Gasteiger partial charge in [-0.1, -0.05) is 11.6 Å². The molecule has 18 heavy (non-hydrogen) atoms. The molecule has 3 aromatic heterocycles. The first-order valence-electron chi connectivity index (χ1n) is 5.26. The Morgan fingerprint density at radius 3 is 2.83 bits per heavy atom. The molecule has 0 aliphatic carbocycles. The fourth-order valence-electron chi connectivity index (χ4n) is 1.76. The summed E-state index contributed by atoms with van der Waals surface area (Å²) < 4.78 is 0.797. The van der Waals surface area contributed by atoms with E-state index in [4.69, 9.17) is 11.6 Å². The van der Waals surface area contributed by atoms with Crippen molar-refractivity contribution >= 4 is 38.3 Å². The van der Waals surface area contributed by atoms with Gasteiger partial charge in [-0.15, -0.1) is 0 Å². The molecule has 5 heteroatoms. The number of hydrogen-bond donors (Lipinski definition) is 0. The van der Waals surface area contributed by atoms with Crippen LogP contribution in [0.3, 0.4) is 0 Å². The van der Waals surface area contributed by atoms with E-state index in [-0.39, 0.29) is 0 Å². The Hall–Kier alpha value is -1.52. The fraction of sp³-hybridized carbons (Fsp3) is 0. The van der Waals surface area contributed by atoms with Crippen LogP contribution in [-0.4, -0.2) is 15.0 Å². The van der Waals surface area contributed by atoms with Gasteiger partial charge in [0, 0.05) is 34.9 Å². The van der Waals surface area contributed by atoms with Crippen LogP contribution in [0, 0.1) is 0 Å². The molecule has 0 unspecified atom stereocenters. The number of aromatic nitrogens is 3. The van der Waals surface area contributed by atoms with Crippen LogP contribution >= 0.6 is 27.5 Å². The molecular formula is C13H7BrClN3. The van der Waals surface area contributed by atoms with E-state index in [1.165, 1.54) is 0 Å². The Balaban J connectivity index is 2.24. The molecule has 0 fully saturated rings. The summed E-state index contributed by atoms with van der Waals surface area (Å²) in [5, 5.41) is 2.52. The number of pyridine rings is 3. The predicted octanol–water partition coefficient (Wildman–Crippen LogP) is 4.11. The molecule has 3 nitrogen and oxygen atoms in total. The summed E-state index contributed by atoms with van der Waals surface area (Å²) in [5.41, 5.74) is 1.77. The fourth-order valence-corrected chi connectivity index (χ4v) is 2.49. The van der Waals surface area contributed by atoms with Crippen molar-refractivity contribution in [3.05, 3.63) is 52.6 Å². The van der Waals surface area contributed by atoms with Crippen LogP contribution in [-0.2, 0) is 0 Å². The van der Waals surface area contributed by atoms with Crippen LogP contribution in [0.25, 0.3) is 22.0 Å². The third-order valence-corrected chi connectivity index (χ3v) is 3.42. The van der Waals surface area contributed by atoms with E-state index in [9.17, 15) is 0 Å². The molecule has 3 heterocycles. The lowest BCUT2D eigenvalue weighted by molar-refractivity contribution is 1.27. The van der Waals surface area contributed by atoms with E-state index < -0.39 is 0 Å². The normalized spacial score (nSPS) is 10.8. The van der Waals surface area contributed by atoms with Gasteiger partial charge in [0.2, 0.25) is 0 Å². The third kappa shape index (κ3) is 2.09. The summed E-state index contributed by atoms with van der Waals surface area (Å²) in [6.45, 7) is 0. The molecule has 0 saturated heterocycles. The lowest BCUT2D eigenvalue weighted by Crippen LogP contribution is -1.88. The van der Waals surface area contributed by atoms with Crippen molar-refractivity contribution in [3.63, 3.8) is 0 Å². The Kier molecular flexibility index (Phi) is 2.97. The number of hydrogen-bond acceptors (Lipinski definition) is 3. The molecule has 0 saturated carbocycles. The van der Waals surface area contributed by atoms with Crippen molar-refractivity contribution in [1.29, 1.82) is 0 Å². The minimum absolute atomic E-state index is 0.455. The summed E-state index contributed by atoms with van der Waals surface area (Å²) in [6.07, 6.45) is 5.23. The van der Waals surface area contributed by atoms with Gasteiger partial charge in [-0.05, 0) is 40.2 Å². The second-order valence-electron chi connectivity index (χ2n) is 3.76. The maximum atomic E-state index is 5.89. The largest absolute Gasteiger partial charge is 0.264 e. The van der Waals surface area contributed by atoms with Crippen LogP contribution in [0.1, 0.15) is 0 Å². The first-order valence-corrected chi connectivity index (χ1v) is 6.43. The zero-order valence-corrected chi connectivity index (χ0v) is 11.5. The van der Waals surface area contributed by atoms with Crippen molar-refractivity contribution in [1.82, 2.24) is 15.0 Å². The van der Waals surface area contributed by atoms with E-state index >= 15 is 0 Å². The molecule has 0 spiro atoms. The smallest absolute Gasteiger partial charge is 0.129 e. The van der Waals surface area contributed by atoms with Gasteiger partial charge in [0.25, 0.3) is 0 Å². The Bertz CT molecular complexity index is 730. The number of nitrogens with zero attached hydrogens (tertiary/aromatic N) is 3. The van der Waals surface area contributed by atoms with Crippen LogP contribution in [0.15, 0.2) is 47.5 Å². The summed E-state index contributed by atoms with van der Waals surface area (Å²) in [7, 11) is 0. The molecule has 0 aromatic carbocycles. The molecule has 0 N–H and O–H groups in total. The lowest BCUT2D eigenvalue weighted by Gasteiger charge is -2.05. The highest BCUT2D eigenvalue weighted by atomic mass is 79.9. The van der Waals surface area contributed by atoms with Gasteiger partial charge in [-0.3, -0.25) is 4.98 Å². The average molecular weight is 321 g/mol. The number of halogens is 2. The predicted molar refractivity (Wildman–Crippen MR) is 75.5 cm³/mol. The Morgan fingerprint density at radius 1 is 1.11 bits per heavy atom. The topological polar surface area (TPSA) is 38.7 Å². The molecule has 3 aromatic rings. The second kappa shape index (κ2) is 4.63. The molecule has 0 radical (unpaired) electrons. The van der Waals surface area contributed by atoms with E-state index in [1.807, 2.05) is 24.4 Å². The number of rotatable bonds is 1. The van der Waals surface area contributed by atoms with Gasteiger partial charge in [-0.2, -0.15) is 0 Å². The third-order valence-electron chi connectivity index (χ3n) is 2.61. The summed E-state index contributed by atoms with van der Waals surface area (Å²) in [5.74, 6) is 0. The first-order chi connectivity index (χ1) is 8.74. The first kappa shape index (κ1) is 11.6. The summed E-state index contributed by atoms with van der Waals surface area (Å²) in [4.78, 5) is 12.6. The zero-order chi connectivity index (χ0) is 12.5. The van der Waals surface area contributed by atoms with Crippen LogP contribution in [0.5, 0.6) is 0 Å². The van der Waals surface area contributed by atoms with Crippen LogP contribution < -0.4 is 0 Å². The highest BCUT2D eigenvalue weighted by molar-refractivity contribution is 9.10. The van der Waals surface area contributed by atoms with Gasteiger partial charge >= 0.3 is 0 Å². The van der Waals surface area contributed by atoms with E-state index in [2.05, 4.69) is 30.9 Å². The molecular weight excluding hydrogens is 314 g/mol. The Labute approximate surface area is 117 Å². The monoisotopic (exact) mass is 319 g/mol. The van der Waals surface area contributed by atoms with Gasteiger partial charge in [0.15, 0.2) is 0 Å². The molecule has 0 atom stereocenters. The van der Waals surface area contributed by atoms with Gasteiger partial charge in [0.05, 0.1) is 5.69 Å². The van der Waals surface area contributed by atoms with Gasteiger partial charge in [-0.25, -0.2) is 9.97 Å². The van der Waals surface area contributed by atoms with Gasteiger partial charge in [0.1, 0.15) is 9.76 Å². The number of fused-ring (bicyclic) bond motifs is 1.